The Labute approximate surface area is 193 Å². The maximum absolute atomic E-state index is 13.1. The number of rotatable bonds is 5. The van der Waals surface area contributed by atoms with Gasteiger partial charge in [0.15, 0.2) is 5.75 Å². The van der Waals surface area contributed by atoms with E-state index in [1.54, 1.807) is 12.1 Å². The van der Waals surface area contributed by atoms with Crippen LogP contribution in [0, 0.1) is 0 Å². The standard InChI is InChI=1S/C26H29ClN2O3/c1-28-23-11-8-18(27)16-22(23)25(30)26(31-2)24(28)17-6-9-20(10-7-17)32-21-12-14-29(15-13-21)19-4-3-5-19/h6-11,16,19,21H,3-5,12-15H2,1-2H3. The smallest absolute Gasteiger partial charge is 0.231 e. The molecule has 2 aromatic carbocycles. The van der Waals surface area contributed by atoms with Crippen molar-refractivity contribution >= 4 is 22.5 Å². The summed E-state index contributed by atoms with van der Waals surface area (Å²) in [7, 11) is 3.47. The minimum atomic E-state index is -0.156. The normalized spacial score (nSPS) is 18.0. The van der Waals surface area contributed by atoms with Crippen LogP contribution in [-0.4, -0.2) is 41.8 Å². The minimum Gasteiger partial charge on any atom is -0.491 e. The van der Waals surface area contributed by atoms with E-state index in [-0.39, 0.29) is 11.5 Å². The summed E-state index contributed by atoms with van der Waals surface area (Å²) in [5.41, 5.74) is 2.31. The summed E-state index contributed by atoms with van der Waals surface area (Å²) in [5, 5.41) is 1.08. The lowest BCUT2D eigenvalue weighted by molar-refractivity contribution is 0.0493. The fourth-order valence-corrected chi connectivity index (χ4v) is 5.17. The number of aromatic nitrogens is 1. The van der Waals surface area contributed by atoms with E-state index in [4.69, 9.17) is 21.1 Å². The molecule has 2 aliphatic rings. The van der Waals surface area contributed by atoms with Gasteiger partial charge < -0.3 is 18.9 Å². The maximum atomic E-state index is 13.1. The molecule has 0 radical (unpaired) electrons. The number of piperidine rings is 1. The van der Waals surface area contributed by atoms with E-state index in [0.717, 1.165) is 54.5 Å². The second-order valence-corrected chi connectivity index (χ2v) is 9.33. The highest BCUT2D eigenvalue weighted by Crippen LogP contribution is 2.33. The van der Waals surface area contributed by atoms with Crippen LogP contribution < -0.4 is 14.9 Å². The van der Waals surface area contributed by atoms with Crippen LogP contribution in [-0.2, 0) is 7.05 Å². The van der Waals surface area contributed by atoms with Gasteiger partial charge in [0.05, 0.1) is 23.7 Å². The lowest BCUT2D eigenvalue weighted by Crippen LogP contribution is -2.46. The maximum Gasteiger partial charge on any atom is 0.231 e. The van der Waals surface area contributed by atoms with E-state index >= 15 is 0 Å². The van der Waals surface area contributed by atoms with Crippen molar-refractivity contribution in [3.8, 4) is 22.8 Å². The number of nitrogens with zero attached hydrogens (tertiary/aromatic N) is 2. The van der Waals surface area contributed by atoms with Gasteiger partial charge in [-0.3, -0.25) is 4.79 Å². The Bertz CT molecular complexity index is 1180. The SMILES string of the molecule is COc1c(-c2ccc(OC3CCN(C4CCC4)CC3)cc2)n(C)c2ccc(Cl)cc2c1=O. The van der Waals surface area contributed by atoms with Gasteiger partial charge in [0.2, 0.25) is 5.43 Å². The number of hydrogen-bond acceptors (Lipinski definition) is 4. The summed E-state index contributed by atoms with van der Waals surface area (Å²) < 4.78 is 13.8. The summed E-state index contributed by atoms with van der Waals surface area (Å²) in [5.74, 6) is 1.19. The predicted octanol–water partition coefficient (Wildman–Crippen LogP) is 5.26. The van der Waals surface area contributed by atoms with Crippen molar-refractivity contribution in [1.82, 2.24) is 9.47 Å². The molecular formula is C26H29ClN2O3. The average Bonchev–Trinajstić information content (AvgIpc) is 2.77. The van der Waals surface area contributed by atoms with Crippen LogP contribution in [0.15, 0.2) is 47.3 Å². The Hall–Kier alpha value is -2.50. The fraction of sp³-hybridized carbons (Fsp3) is 0.423. The number of benzene rings is 2. The highest BCUT2D eigenvalue weighted by molar-refractivity contribution is 6.31. The number of hydrogen-bond donors (Lipinski definition) is 0. The molecule has 5 nitrogen and oxygen atoms in total. The Balaban J connectivity index is 1.37. The van der Waals surface area contributed by atoms with Gasteiger partial charge in [-0.25, -0.2) is 0 Å². The molecule has 0 N–H and O–H groups in total. The predicted molar refractivity (Wildman–Crippen MR) is 129 cm³/mol. The quantitative estimate of drug-likeness (QED) is 0.529. The van der Waals surface area contributed by atoms with Crippen molar-refractivity contribution in [3.05, 3.63) is 57.7 Å². The van der Waals surface area contributed by atoms with Crippen LogP contribution in [0.4, 0.5) is 0 Å². The molecule has 6 heteroatoms. The number of pyridine rings is 1. The minimum absolute atomic E-state index is 0.156. The first-order valence-electron chi connectivity index (χ1n) is 11.4. The number of methoxy groups -OCH3 is 1. The summed E-state index contributed by atoms with van der Waals surface area (Å²) >= 11 is 6.12. The first-order valence-corrected chi connectivity index (χ1v) is 11.8. The molecule has 0 spiro atoms. The van der Waals surface area contributed by atoms with Crippen LogP contribution >= 0.6 is 11.6 Å². The van der Waals surface area contributed by atoms with Crippen LogP contribution in [0.1, 0.15) is 32.1 Å². The molecular weight excluding hydrogens is 424 g/mol. The Morgan fingerprint density at radius 3 is 2.34 bits per heavy atom. The monoisotopic (exact) mass is 452 g/mol. The number of halogens is 1. The van der Waals surface area contributed by atoms with Gasteiger partial charge >= 0.3 is 0 Å². The third-order valence-electron chi connectivity index (χ3n) is 7.02. The molecule has 0 amide bonds. The number of likely N-dealkylation sites (tertiary alicyclic amines) is 1. The van der Waals surface area contributed by atoms with E-state index in [1.807, 2.05) is 41.9 Å². The van der Waals surface area contributed by atoms with Crippen molar-refractivity contribution in [1.29, 1.82) is 0 Å². The van der Waals surface area contributed by atoms with E-state index in [2.05, 4.69) is 4.90 Å². The van der Waals surface area contributed by atoms with E-state index < -0.39 is 0 Å². The van der Waals surface area contributed by atoms with Gasteiger partial charge in [-0.1, -0.05) is 18.0 Å². The molecule has 2 heterocycles. The van der Waals surface area contributed by atoms with Gasteiger partial charge in [-0.15, -0.1) is 0 Å². The van der Waals surface area contributed by atoms with Crippen LogP contribution in [0.25, 0.3) is 22.2 Å². The Kier molecular flexibility index (Phi) is 5.87. The number of fused-ring (bicyclic) bond motifs is 1. The molecule has 0 unspecified atom stereocenters. The molecule has 1 aliphatic heterocycles. The van der Waals surface area contributed by atoms with Crippen LogP contribution in [0.3, 0.4) is 0 Å². The van der Waals surface area contributed by atoms with Gasteiger partial charge in [0.25, 0.3) is 0 Å². The second kappa shape index (κ2) is 8.80. The zero-order chi connectivity index (χ0) is 22.2. The number of aryl methyl sites for hydroxylation is 1. The topological polar surface area (TPSA) is 43.7 Å². The zero-order valence-corrected chi connectivity index (χ0v) is 19.4. The highest BCUT2D eigenvalue weighted by Gasteiger charge is 2.29. The second-order valence-electron chi connectivity index (χ2n) is 8.89. The molecule has 32 heavy (non-hydrogen) atoms. The van der Waals surface area contributed by atoms with Gasteiger partial charge in [0.1, 0.15) is 11.9 Å². The molecule has 1 aromatic heterocycles. The summed E-state index contributed by atoms with van der Waals surface area (Å²) in [6.45, 7) is 2.27. The molecule has 0 bridgehead atoms. The average molecular weight is 453 g/mol. The molecule has 0 atom stereocenters. The Morgan fingerprint density at radius 1 is 1.00 bits per heavy atom. The first kappa shape index (κ1) is 21.4. The lowest BCUT2D eigenvalue weighted by atomic mass is 9.90. The van der Waals surface area contributed by atoms with Crippen LogP contribution in [0.2, 0.25) is 5.02 Å². The van der Waals surface area contributed by atoms with Crippen molar-refractivity contribution in [2.45, 2.75) is 44.2 Å². The molecule has 2 fully saturated rings. The zero-order valence-electron chi connectivity index (χ0n) is 18.6. The van der Waals surface area contributed by atoms with E-state index in [0.29, 0.717) is 16.2 Å². The molecule has 1 saturated heterocycles. The third kappa shape index (κ3) is 3.89. The summed E-state index contributed by atoms with van der Waals surface area (Å²) in [6.07, 6.45) is 6.53. The van der Waals surface area contributed by atoms with Crippen molar-refractivity contribution in [2.24, 2.45) is 7.05 Å². The first-order chi connectivity index (χ1) is 15.5. The van der Waals surface area contributed by atoms with Crippen LogP contribution in [0.5, 0.6) is 11.5 Å². The Morgan fingerprint density at radius 2 is 1.72 bits per heavy atom. The lowest BCUT2D eigenvalue weighted by Gasteiger charge is -2.41. The summed E-state index contributed by atoms with van der Waals surface area (Å²) in [6, 6.07) is 14.2. The highest BCUT2D eigenvalue weighted by atomic mass is 35.5. The summed E-state index contributed by atoms with van der Waals surface area (Å²) in [4.78, 5) is 15.7. The molecule has 1 aliphatic carbocycles. The molecule has 3 aromatic rings. The van der Waals surface area contributed by atoms with Crippen molar-refractivity contribution in [2.75, 3.05) is 20.2 Å². The van der Waals surface area contributed by atoms with Gasteiger partial charge in [-0.2, -0.15) is 0 Å². The molecule has 168 valence electrons. The van der Waals surface area contributed by atoms with Gasteiger partial charge in [0, 0.05) is 36.8 Å². The number of ether oxygens (including phenoxy) is 2. The van der Waals surface area contributed by atoms with Gasteiger partial charge in [-0.05, 0) is 68.1 Å². The van der Waals surface area contributed by atoms with Crippen molar-refractivity contribution in [3.63, 3.8) is 0 Å². The van der Waals surface area contributed by atoms with E-state index in [9.17, 15) is 4.79 Å². The van der Waals surface area contributed by atoms with Crippen molar-refractivity contribution < 1.29 is 9.47 Å². The third-order valence-corrected chi connectivity index (χ3v) is 7.26. The van der Waals surface area contributed by atoms with E-state index in [1.165, 1.54) is 26.4 Å². The fourth-order valence-electron chi connectivity index (χ4n) is 4.99. The molecule has 5 rings (SSSR count). The molecule has 1 saturated carbocycles. The largest absolute Gasteiger partial charge is 0.491 e.